The molecule has 0 aromatic heterocycles. The largest absolute Gasteiger partial charge is 0.314 e. The number of hydrogen-bond acceptors (Lipinski definition) is 3. The van der Waals surface area contributed by atoms with Crippen LogP contribution in [-0.2, 0) is 6.42 Å². The lowest BCUT2D eigenvalue weighted by atomic mass is 9.99. The summed E-state index contributed by atoms with van der Waals surface area (Å²) in [4.78, 5) is 5.31. The Bertz CT molecular complexity index is 394. The van der Waals surface area contributed by atoms with E-state index in [-0.39, 0.29) is 0 Å². The fraction of sp³-hybridized carbons (Fsp3) is 0.647. The lowest BCUT2D eigenvalue weighted by molar-refractivity contribution is 0.00224. The standard InChI is InChI=1S/C17H27N3/c1-15(7-8-16-5-3-2-4-6-16)20-13-17(14-20)19-11-9-18-10-12-19/h2-6,15,17-18H,7-14H2,1H3. The average Bonchev–Trinajstić information content (AvgIpc) is 2.46. The van der Waals surface area contributed by atoms with Crippen LogP contribution in [0.2, 0.25) is 0 Å². The molecule has 2 aliphatic rings. The first-order chi connectivity index (χ1) is 9.83. The van der Waals surface area contributed by atoms with E-state index in [2.05, 4.69) is 52.4 Å². The second kappa shape index (κ2) is 6.70. The van der Waals surface area contributed by atoms with Gasteiger partial charge < -0.3 is 5.32 Å². The van der Waals surface area contributed by atoms with Crippen LogP contribution in [0.15, 0.2) is 30.3 Å². The van der Waals surface area contributed by atoms with Crippen LogP contribution in [-0.4, -0.2) is 61.2 Å². The highest BCUT2D eigenvalue weighted by Gasteiger charge is 2.34. The van der Waals surface area contributed by atoms with E-state index in [9.17, 15) is 0 Å². The zero-order valence-corrected chi connectivity index (χ0v) is 12.6. The van der Waals surface area contributed by atoms with Gasteiger partial charge in [-0.2, -0.15) is 0 Å². The quantitative estimate of drug-likeness (QED) is 0.879. The zero-order valence-electron chi connectivity index (χ0n) is 12.6. The van der Waals surface area contributed by atoms with Gasteiger partial charge in [0.15, 0.2) is 0 Å². The predicted molar refractivity (Wildman–Crippen MR) is 84.0 cm³/mol. The molecular weight excluding hydrogens is 246 g/mol. The molecule has 2 fully saturated rings. The molecule has 20 heavy (non-hydrogen) atoms. The SMILES string of the molecule is CC(CCc1ccccc1)N1CC(N2CCNCC2)C1. The van der Waals surface area contributed by atoms with Crippen molar-refractivity contribution in [2.75, 3.05) is 39.3 Å². The molecular formula is C17H27N3. The maximum absolute atomic E-state index is 3.43. The number of hydrogen-bond donors (Lipinski definition) is 1. The van der Waals surface area contributed by atoms with Gasteiger partial charge in [-0.25, -0.2) is 0 Å². The van der Waals surface area contributed by atoms with Crippen LogP contribution in [0.3, 0.4) is 0 Å². The van der Waals surface area contributed by atoms with Crippen molar-refractivity contribution in [3.05, 3.63) is 35.9 Å². The molecule has 0 saturated carbocycles. The number of likely N-dealkylation sites (tertiary alicyclic amines) is 1. The predicted octanol–water partition coefficient (Wildman–Crippen LogP) is 1.60. The monoisotopic (exact) mass is 273 g/mol. The molecule has 0 bridgehead atoms. The van der Waals surface area contributed by atoms with Crippen LogP contribution in [0.1, 0.15) is 18.9 Å². The molecule has 1 unspecified atom stereocenters. The van der Waals surface area contributed by atoms with Crippen LogP contribution in [0.4, 0.5) is 0 Å². The Balaban J connectivity index is 1.38. The molecule has 3 nitrogen and oxygen atoms in total. The molecule has 2 heterocycles. The first-order valence-electron chi connectivity index (χ1n) is 8.05. The normalized spacial score (nSPS) is 23.4. The molecule has 0 radical (unpaired) electrons. The minimum Gasteiger partial charge on any atom is -0.314 e. The summed E-state index contributed by atoms with van der Waals surface area (Å²) in [7, 11) is 0. The van der Waals surface area contributed by atoms with E-state index < -0.39 is 0 Å². The molecule has 0 amide bonds. The maximum atomic E-state index is 3.43. The Morgan fingerprint density at radius 3 is 2.55 bits per heavy atom. The minimum atomic E-state index is 0.717. The first kappa shape index (κ1) is 14.1. The zero-order chi connectivity index (χ0) is 13.8. The van der Waals surface area contributed by atoms with Gasteiger partial charge in [0.1, 0.15) is 0 Å². The molecule has 2 saturated heterocycles. The van der Waals surface area contributed by atoms with E-state index in [4.69, 9.17) is 0 Å². The van der Waals surface area contributed by atoms with Gasteiger partial charge in [0.05, 0.1) is 0 Å². The number of aryl methyl sites for hydroxylation is 1. The van der Waals surface area contributed by atoms with Gasteiger partial charge in [0.2, 0.25) is 0 Å². The summed E-state index contributed by atoms with van der Waals surface area (Å²) >= 11 is 0. The van der Waals surface area contributed by atoms with E-state index in [0.29, 0.717) is 0 Å². The van der Waals surface area contributed by atoms with E-state index in [1.165, 1.54) is 57.7 Å². The number of nitrogens with zero attached hydrogens (tertiary/aromatic N) is 2. The van der Waals surface area contributed by atoms with Crippen LogP contribution in [0.25, 0.3) is 0 Å². The molecule has 1 atom stereocenters. The second-order valence-corrected chi connectivity index (χ2v) is 6.27. The highest BCUT2D eigenvalue weighted by molar-refractivity contribution is 5.14. The van der Waals surface area contributed by atoms with Gasteiger partial charge in [-0.3, -0.25) is 9.80 Å². The number of piperazine rings is 1. The highest BCUT2D eigenvalue weighted by Crippen LogP contribution is 2.20. The van der Waals surface area contributed by atoms with Crippen molar-refractivity contribution >= 4 is 0 Å². The van der Waals surface area contributed by atoms with E-state index in [0.717, 1.165) is 12.1 Å². The summed E-state index contributed by atoms with van der Waals surface area (Å²) in [6, 6.07) is 12.4. The van der Waals surface area contributed by atoms with Crippen LogP contribution >= 0.6 is 0 Å². The van der Waals surface area contributed by atoms with Crippen molar-refractivity contribution < 1.29 is 0 Å². The number of benzene rings is 1. The van der Waals surface area contributed by atoms with E-state index in [1.54, 1.807) is 0 Å². The molecule has 2 aliphatic heterocycles. The third kappa shape index (κ3) is 3.40. The van der Waals surface area contributed by atoms with Crippen LogP contribution < -0.4 is 5.32 Å². The van der Waals surface area contributed by atoms with Crippen molar-refractivity contribution in [1.82, 2.24) is 15.1 Å². The van der Waals surface area contributed by atoms with Crippen molar-refractivity contribution in [3.63, 3.8) is 0 Å². The van der Waals surface area contributed by atoms with E-state index in [1.807, 2.05) is 0 Å². The van der Waals surface area contributed by atoms with Crippen LogP contribution in [0, 0.1) is 0 Å². The molecule has 1 aromatic rings. The second-order valence-electron chi connectivity index (χ2n) is 6.27. The lowest BCUT2D eigenvalue weighted by Crippen LogP contribution is -2.64. The smallest absolute Gasteiger partial charge is 0.0351 e. The number of rotatable bonds is 5. The van der Waals surface area contributed by atoms with Crippen LogP contribution in [0.5, 0.6) is 0 Å². The third-order valence-corrected chi connectivity index (χ3v) is 4.88. The number of nitrogens with one attached hydrogen (secondary N) is 1. The highest BCUT2D eigenvalue weighted by atomic mass is 15.3. The molecule has 3 heteroatoms. The van der Waals surface area contributed by atoms with Gasteiger partial charge in [-0.1, -0.05) is 30.3 Å². The molecule has 1 N–H and O–H groups in total. The maximum Gasteiger partial charge on any atom is 0.0351 e. The third-order valence-electron chi connectivity index (χ3n) is 4.88. The summed E-state index contributed by atoms with van der Waals surface area (Å²) in [5.41, 5.74) is 1.47. The topological polar surface area (TPSA) is 18.5 Å². The Labute approximate surface area is 123 Å². The van der Waals surface area contributed by atoms with Crippen molar-refractivity contribution in [1.29, 1.82) is 0 Å². The van der Waals surface area contributed by atoms with Gasteiger partial charge >= 0.3 is 0 Å². The summed E-state index contributed by atoms with van der Waals surface area (Å²) in [5, 5.41) is 3.43. The molecule has 0 aliphatic carbocycles. The Kier molecular flexibility index (Phi) is 4.71. The summed E-state index contributed by atoms with van der Waals surface area (Å²) < 4.78 is 0. The van der Waals surface area contributed by atoms with Crippen molar-refractivity contribution in [2.24, 2.45) is 0 Å². The molecule has 110 valence electrons. The molecule has 1 aromatic carbocycles. The van der Waals surface area contributed by atoms with E-state index >= 15 is 0 Å². The Hall–Kier alpha value is -0.900. The summed E-state index contributed by atoms with van der Waals surface area (Å²) in [6.07, 6.45) is 2.48. The average molecular weight is 273 g/mol. The van der Waals surface area contributed by atoms with Crippen molar-refractivity contribution in [3.8, 4) is 0 Å². The van der Waals surface area contributed by atoms with Gasteiger partial charge in [0, 0.05) is 51.4 Å². The Morgan fingerprint density at radius 2 is 1.85 bits per heavy atom. The lowest BCUT2D eigenvalue weighted by Gasteiger charge is -2.49. The fourth-order valence-electron chi connectivity index (χ4n) is 3.33. The van der Waals surface area contributed by atoms with Crippen molar-refractivity contribution in [2.45, 2.75) is 31.8 Å². The molecule has 0 spiro atoms. The Morgan fingerprint density at radius 1 is 1.15 bits per heavy atom. The minimum absolute atomic E-state index is 0.717. The summed E-state index contributed by atoms with van der Waals surface area (Å²) in [5.74, 6) is 0. The van der Waals surface area contributed by atoms with Gasteiger partial charge in [-0.15, -0.1) is 0 Å². The van der Waals surface area contributed by atoms with Gasteiger partial charge in [0.25, 0.3) is 0 Å². The fourth-order valence-corrected chi connectivity index (χ4v) is 3.33. The van der Waals surface area contributed by atoms with Gasteiger partial charge in [-0.05, 0) is 25.3 Å². The summed E-state index contributed by atoms with van der Waals surface area (Å²) in [6.45, 7) is 9.73. The molecule has 3 rings (SSSR count). The first-order valence-corrected chi connectivity index (χ1v) is 8.05.